The van der Waals surface area contributed by atoms with Crippen molar-refractivity contribution in [2.45, 2.75) is 165 Å². The number of anilines is 1. The second-order valence-electron chi connectivity index (χ2n) is 27.7. The molecule has 2 aromatic carbocycles. The number of likely N-dealkylation sites (tertiary alicyclic amines) is 4. The first kappa shape index (κ1) is 66.0. The van der Waals surface area contributed by atoms with E-state index in [-0.39, 0.29) is 74.4 Å². The van der Waals surface area contributed by atoms with Gasteiger partial charge in [-0.05, 0) is 166 Å². The van der Waals surface area contributed by atoms with Gasteiger partial charge in [0.1, 0.15) is 57.2 Å². The molecule has 0 unspecified atom stereocenters. The summed E-state index contributed by atoms with van der Waals surface area (Å²) in [7, 11) is 0. The maximum absolute atomic E-state index is 15.1. The van der Waals surface area contributed by atoms with Gasteiger partial charge >= 0.3 is 12.2 Å². The first-order chi connectivity index (χ1) is 42.7. The Bertz CT molecular complexity index is 4000. The number of amides is 2. The predicted molar refractivity (Wildman–Crippen MR) is 342 cm³/mol. The smallest absolute Gasteiger partial charge is 0.410 e. The summed E-state index contributed by atoms with van der Waals surface area (Å²) in [5.41, 5.74) is 10.8. The molecule has 0 radical (unpaired) electrons. The molecule has 0 bridgehead atoms. The molecule has 8 aromatic rings. The van der Waals surface area contributed by atoms with Gasteiger partial charge in [0.2, 0.25) is 5.28 Å². The molecule has 2 N–H and O–H groups in total. The molecular weight excluding hydrogens is 1190 g/mol. The topological polar surface area (TPSA) is 205 Å². The monoisotopic (exact) mass is 1270 g/mol. The van der Waals surface area contributed by atoms with Crippen molar-refractivity contribution in [1.29, 1.82) is 0 Å². The molecular formula is C67H82ClF4N15O4. The van der Waals surface area contributed by atoms with Crippen molar-refractivity contribution < 1.29 is 36.6 Å². The zero-order valence-electron chi connectivity index (χ0n) is 54.4. The van der Waals surface area contributed by atoms with Gasteiger partial charge in [-0.3, -0.25) is 14.8 Å². The number of piperidine rings is 2. The lowest BCUT2D eigenvalue weighted by Crippen LogP contribution is -2.70. The average molecular weight is 1270 g/mol. The van der Waals surface area contributed by atoms with Crippen LogP contribution >= 0.6 is 11.6 Å². The Balaban J connectivity index is 0.000000166. The van der Waals surface area contributed by atoms with E-state index in [4.69, 9.17) is 26.8 Å². The summed E-state index contributed by atoms with van der Waals surface area (Å²) in [6.45, 7) is 33.9. The van der Waals surface area contributed by atoms with Crippen molar-refractivity contribution >= 4 is 51.7 Å². The summed E-state index contributed by atoms with van der Waals surface area (Å²) in [5.74, 6) is 0.121. The van der Waals surface area contributed by atoms with Crippen LogP contribution in [0.4, 0.5) is 33.0 Å². The lowest BCUT2D eigenvalue weighted by atomic mass is 9.68. The van der Waals surface area contributed by atoms with Crippen LogP contribution in [0, 0.1) is 47.9 Å². The lowest BCUT2D eigenvalue weighted by molar-refractivity contribution is -0.115. The molecule has 10 heterocycles. The number of aryl methyl sites for hydroxylation is 2. The summed E-state index contributed by atoms with van der Waals surface area (Å²) in [6.07, 6.45) is 11.1. The van der Waals surface area contributed by atoms with E-state index in [0.717, 1.165) is 68.4 Å². The fraction of sp³-hybridized carbons (Fsp3) is 0.493. The molecule has 4 atom stereocenters. The maximum Gasteiger partial charge on any atom is 0.410 e. The zero-order chi connectivity index (χ0) is 65.8. The third kappa shape index (κ3) is 14.6. The summed E-state index contributed by atoms with van der Waals surface area (Å²) in [6, 6.07) is 9.93. The third-order valence-electron chi connectivity index (χ3n) is 17.5. The first-order valence-corrected chi connectivity index (χ1v) is 31.3. The SMILES string of the molecule is CC(C)(C)OC(=O)N1CC[C@]2(C)CN(Cc3cnc(Cl)nc3)[C@@H]2C1.Cc1nc2c(F)cc(-c3cc(Cc4ncc(CN5C[C@@]6(C)CCN(C(=O)OC(C)(C)C)C[C@@H]56)cn4)ncc3F)cc2n1C(C)C.Cc1nc2c(F)cc(-c3cc(N)ncc3F)cc2n1C(C)C. The number of fused-ring (bicyclic) bond motifs is 4. The van der Waals surface area contributed by atoms with E-state index in [1.165, 1.54) is 18.2 Å². The van der Waals surface area contributed by atoms with Crippen molar-refractivity contribution in [3.05, 3.63) is 136 Å². The zero-order valence-corrected chi connectivity index (χ0v) is 55.1. The fourth-order valence-electron chi connectivity index (χ4n) is 13.1. The van der Waals surface area contributed by atoms with Gasteiger partial charge in [-0.1, -0.05) is 13.8 Å². The molecule has 4 aliphatic heterocycles. The minimum absolute atomic E-state index is 0.0721. The molecule has 0 saturated carbocycles. The molecule has 12 rings (SSSR count). The van der Waals surface area contributed by atoms with Gasteiger partial charge in [0.05, 0.1) is 29.8 Å². The second kappa shape index (κ2) is 25.7. The number of carbonyl (C=O) groups is 2. The van der Waals surface area contributed by atoms with Crippen molar-refractivity contribution in [3.8, 4) is 22.3 Å². The van der Waals surface area contributed by atoms with E-state index < -0.39 is 34.5 Å². The number of halogens is 5. The third-order valence-corrected chi connectivity index (χ3v) is 17.6. The fourth-order valence-corrected chi connectivity index (χ4v) is 13.2. The normalized spacial score (nSPS) is 20.1. The molecule has 24 heteroatoms. The van der Waals surface area contributed by atoms with Gasteiger partial charge in [0.25, 0.3) is 0 Å². The second-order valence-corrected chi connectivity index (χ2v) is 28.0. The van der Waals surface area contributed by atoms with Gasteiger partial charge in [0.15, 0.2) is 11.6 Å². The van der Waals surface area contributed by atoms with Gasteiger partial charge in [0, 0.05) is 129 Å². The Morgan fingerprint density at radius 1 is 0.604 bits per heavy atom. The van der Waals surface area contributed by atoms with Crippen LogP contribution in [0.2, 0.25) is 5.28 Å². The number of rotatable bonds is 10. The number of carbonyl (C=O) groups excluding carboxylic acids is 2. The van der Waals surface area contributed by atoms with Crippen LogP contribution in [-0.4, -0.2) is 143 Å². The number of hydrogen-bond donors (Lipinski definition) is 1. The number of nitrogen functional groups attached to an aromatic ring is 1. The highest BCUT2D eigenvalue weighted by Gasteiger charge is 2.54. The number of aromatic nitrogens is 10. The highest BCUT2D eigenvalue weighted by Crippen LogP contribution is 2.46. The Morgan fingerprint density at radius 2 is 1.02 bits per heavy atom. The number of nitrogens with zero attached hydrogens (tertiary/aromatic N) is 14. The van der Waals surface area contributed by atoms with E-state index >= 15 is 8.78 Å². The van der Waals surface area contributed by atoms with Crippen LogP contribution in [-0.2, 0) is 29.0 Å². The van der Waals surface area contributed by atoms with Crippen LogP contribution in [0.3, 0.4) is 0 Å². The van der Waals surface area contributed by atoms with Crippen LogP contribution < -0.4 is 5.73 Å². The van der Waals surface area contributed by atoms with Crippen LogP contribution in [0.25, 0.3) is 44.3 Å². The van der Waals surface area contributed by atoms with E-state index in [0.29, 0.717) is 78.1 Å². The Kier molecular flexibility index (Phi) is 18.6. The molecule has 4 saturated heterocycles. The van der Waals surface area contributed by atoms with E-state index in [1.54, 1.807) is 30.6 Å². The highest BCUT2D eigenvalue weighted by atomic mass is 35.5. The summed E-state index contributed by atoms with van der Waals surface area (Å²) < 4.78 is 73.5. The molecule has 0 spiro atoms. The molecule has 19 nitrogen and oxygen atoms in total. The van der Waals surface area contributed by atoms with E-state index in [2.05, 4.69) is 63.5 Å². The van der Waals surface area contributed by atoms with Crippen LogP contribution in [0.5, 0.6) is 0 Å². The van der Waals surface area contributed by atoms with Crippen molar-refractivity contribution in [1.82, 2.24) is 68.6 Å². The lowest BCUT2D eigenvalue weighted by Gasteiger charge is -2.60. The van der Waals surface area contributed by atoms with Crippen molar-refractivity contribution in [2.24, 2.45) is 10.8 Å². The van der Waals surface area contributed by atoms with Crippen molar-refractivity contribution in [3.63, 3.8) is 0 Å². The average Bonchev–Trinajstić information content (AvgIpc) is 1.63. The van der Waals surface area contributed by atoms with E-state index in [1.807, 2.05) is 114 Å². The minimum atomic E-state index is -0.541. The van der Waals surface area contributed by atoms with Gasteiger partial charge in [-0.25, -0.2) is 62.0 Å². The van der Waals surface area contributed by atoms with E-state index in [9.17, 15) is 18.4 Å². The number of imidazole rings is 2. The minimum Gasteiger partial charge on any atom is -0.444 e. The predicted octanol–water partition coefficient (Wildman–Crippen LogP) is 13.3. The quantitative estimate of drug-likeness (QED) is 0.0999. The molecule has 2 amide bonds. The molecule has 4 aliphatic rings. The number of nitrogens with two attached hydrogens (primary N) is 1. The molecule has 91 heavy (non-hydrogen) atoms. The Hall–Kier alpha value is -7.89. The Labute approximate surface area is 533 Å². The number of ether oxygens (including phenoxy) is 2. The standard InChI is InChI=1S/C34H41F2N7O2.C17H25ClN4O2.C16H16F2N4/c1-20(2)43-21(3)40-31-26(35)10-23(11-28(31)43)25-12-24(37-16-27(25)36)13-30-38-14-22(15-39-30)17-42-19-34(7)8-9-41(18-29(34)42)32(44)45-33(4,5)6;1-16(2,3)24-15(23)21-6-5-17(4)11-22(13(17)10-21)9-12-7-19-14(18)20-8-12;1-8(2)22-9(3)21-16-12(17)4-10(5-14(16)22)11-6-15(19)20-7-13(11)18/h10-12,14-16,20,29H,8-9,13,17-19H2,1-7H3;7-8,13H,5-6,9-11H2,1-4H3;4-8H,1-3H3,(H2,19,20)/t29-,34-;13-,17-;/m11./s1. The van der Waals surface area contributed by atoms with Gasteiger partial charge in [-0.2, -0.15) is 0 Å². The summed E-state index contributed by atoms with van der Waals surface area (Å²) in [5, 5.41) is 0.265. The number of hydrogen-bond acceptors (Lipinski definition) is 15. The number of benzene rings is 2. The molecule has 0 aliphatic carbocycles. The number of pyridine rings is 2. The van der Waals surface area contributed by atoms with Crippen LogP contribution in [0.1, 0.15) is 142 Å². The molecule has 4 fully saturated rings. The highest BCUT2D eigenvalue weighted by molar-refractivity contribution is 6.28. The molecule has 484 valence electrons. The Morgan fingerprint density at radius 3 is 1.45 bits per heavy atom. The largest absolute Gasteiger partial charge is 0.444 e. The maximum atomic E-state index is 15.1. The van der Waals surface area contributed by atoms with Crippen molar-refractivity contribution in [2.75, 3.05) is 45.0 Å². The molecule has 6 aromatic heterocycles. The summed E-state index contributed by atoms with van der Waals surface area (Å²) in [4.78, 5) is 67.3. The van der Waals surface area contributed by atoms with Crippen LogP contribution in [0.15, 0.2) is 73.6 Å². The van der Waals surface area contributed by atoms with Gasteiger partial charge in [-0.15, -0.1) is 0 Å². The first-order valence-electron chi connectivity index (χ1n) is 30.9. The summed E-state index contributed by atoms with van der Waals surface area (Å²) >= 11 is 5.74. The van der Waals surface area contributed by atoms with Gasteiger partial charge < -0.3 is 34.1 Å².